The molecule has 2 N–H and O–H groups in total. The van der Waals surface area contributed by atoms with Crippen molar-refractivity contribution in [3.05, 3.63) is 51.5 Å². The summed E-state index contributed by atoms with van der Waals surface area (Å²) in [6.07, 6.45) is 4.87. The lowest BCUT2D eigenvalue weighted by Crippen LogP contribution is -2.41. The topological polar surface area (TPSA) is 45.2 Å². The molecule has 0 fully saturated rings. The molecular formula is C17H22N2OS. The van der Waals surface area contributed by atoms with Gasteiger partial charge in [-0.05, 0) is 44.2 Å². The molecule has 1 aliphatic carbocycles. The average Bonchev–Trinajstić information content (AvgIpc) is 2.92. The van der Waals surface area contributed by atoms with E-state index in [0.29, 0.717) is 6.54 Å². The Kier molecular flexibility index (Phi) is 4.11. The number of hydrogen-bond acceptors (Lipinski definition) is 4. The Morgan fingerprint density at radius 2 is 2.24 bits per heavy atom. The highest BCUT2D eigenvalue weighted by Gasteiger charge is 2.34. The summed E-state index contributed by atoms with van der Waals surface area (Å²) >= 11 is 1.71. The Morgan fingerprint density at radius 1 is 1.43 bits per heavy atom. The van der Waals surface area contributed by atoms with Crippen LogP contribution in [-0.2, 0) is 12.0 Å². The van der Waals surface area contributed by atoms with Gasteiger partial charge in [-0.2, -0.15) is 0 Å². The maximum Gasteiger partial charge on any atom is 0.102 e. The third-order valence-electron chi connectivity index (χ3n) is 4.32. The van der Waals surface area contributed by atoms with Crippen molar-refractivity contribution in [2.24, 2.45) is 0 Å². The summed E-state index contributed by atoms with van der Waals surface area (Å²) in [7, 11) is 0. The van der Waals surface area contributed by atoms with E-state index in [2.05, 4.69) is 35.4 Å². The van der Waals surface area contributed by atoms with Gasteiger partial charge in [0.25, 0.3) is 0 Å². The average molecular weight is 302 g/mol. The van der Waals surface area contributed by atoms with Gasteiger partial charge in [0.15, 0.2) is 0 Å². The molecule has 112 valence electrons. The number of aliphatic hydroxyl groups is 1. The summed E-state index contributed by atoms with van der Waals surface area (Å²) in [6.45, 7) is 4.74. The van der Waals surface area contributed by atoms with Crippen LogP contribution in [-0.4, -0.2) is 16.6 Å². The van der Waals surface area contributed by atoms with Crippen LogP contribution >= 0.6 is 11.3 Å². The molecule has 1 heterocycles. The van der Waals surface area contributed by atoms with Crippen molar-refractivity contribution in [3.63, 3.8) is 0 Å². The number of nitrogens with one attached hydrogen (secondary N) is 1. The number of aromatic nitrogens is 1. The van der Waals surface area contributed by atoms with Crippen molar-refractivity contribution in [2.45, 2.75) is 44.8 Å². The molecule has 0 amide bonds. The van der Waals surface area contributed by atoms with Gasteiger partial charge in [-0.25, -0.2) is 4.98 Å². The van der Waals surface area contributed by atoms with Crippen molar-refractivity contribution in [3.8, 4) is 0 Å². The van der Waals surface area contributed by atoms with Crippen LogP contribution in [0.2, 0.25) is 0 Å². The lowest BCUT2D eigenvalue weighted by atomic mass is 9.79. The van der Waals surface area contributed by atoms with E-state index in [1.807, 2.05) is 19.2 Å². The number of aryl methyl sites for hydroxylation is 2. The maximum atomic E-state index is 11.0. The van der Waals surface area contributed by atoms with Gasteiger partial charge in [0.1, 0.15) is 5.60 Å². The van der Waals surface area contributed by atoms with Gasteiger partial charge in [-0.3, -0.25) is 0 Å². The second-order valence-electron chi connectivity index (χ2n) is 5.93. The summed E-state index contributed by atoms with van der Waals surface area (Å²) in [6, 6.07) is 8.49. The molecule has 0 saturated heterocycles. The minimum Gasteiger partial charge on any atom is -0.384 e. The summed E-state index contributed by atoms with van der Waals surface area (Å²) < 4.78 is 0. The fourth-order valence-electron chi connectivity index (χ4n) is 3.08. The first-order valence-electron chi connectivity index (χ1n) is 7.55. The molecule has 1 aromatic heterocycles. The maximum absolute atomic E-state index is 11.0. The quantitative estimate of drug-likeness (QED) is 0.910. The van der Waals surface area contributed by atoms with Crippen LogP contribution < -0.4 is 5.32 Å². The van der Waals surface area contributed by atoms with Crippen LogP contribution in [0.15, 0.2) is 30.5 Å². The molecule has 2 atom stereocenters. The number of benzene rings is 1. The SMILES string of the molecule is Cc1ncc([C@H](C)NC[C@]2(O)CCCc3ccccc32)s1. The summed E-state index contributed by atoms with van der Waals surface area (Å²) in [5.74, 6) is 0. The van der Waals surface area contributed by atoms with Crippen molar-refractivity contribution < 1.29 is 5.11 Å². The first kappa shape index (κ1) is 14.7. The predicted octanol–water partition coefficient (Wildman–Crippen LogP) is 3.33. The van der Waals surface area contributed by atoms with Crippen LogP contribution in [0.4, 0.5) is 0 Å². The summed E-state index contributed by atoms with van der Waals surface area (Å²) in [4.78, 5) is 5.52. The fraction of sp³-hybridized carbons (Fsp3) is 0.471. The van der Waals surface area contributed by atoms with Crippen molar-refractivity contribution >= 4 is 11.3 Å². The lowest BCUT2D eigenvalue weighted by Gasteiger charge is -2.35. The smallest absolute Gasteiger partial charge is 0.102 e. The zero-order valence-electron chi connectivity index (χ0n) is 12.6. The van der Waals surface area contributed by atoms with Crippen LogP contribution in [0.3, 0.4) is 0 Å². The van der Waals surface area contributed by atoms with Crippen molar-refractivity contribution in [1.82, 2.24) is 10.3 Å². The molecule has 0 bridgehead atoms. The van der Waals surface area contributed by atoms with E-state index < -0.39 is 5.60 Å². The molecule has 0 saturated carbocycles. The molecule has 21 heavy (non-hydrogen) atoms. The molecule has 4 heteroatoms. The number of hydrogen-bond donors (Lipinski definition) is 2. The molecule has 2 aromatic rings. The molecule has 0 radical (unpaired) electrons. The number of nitrogens with zero attached hydrogens (tertiary/aromatic N) is 1. The van der Waals surface area contributed by atoms with Gasteiger partial charge >= 0.3 is 0 Å². The normalized spacial score (nSPS) is 22.8. The summed E-state index contributed by atoms with van der Waals surface area (Å²) in [5, 5.41) is 15.6. The Balaban J connectivity index is 1.73. The van der Waals surface area contributed by atoms with Crippen LogP contribution in [0.1, 0.15) is 46.8 Å². The molecule has 1 aromatic carbocycles. The molecule has 3 nitrogen and oxygen atoms in total. The Morgan fingerprint density at radius 3 is 3.00 bits per heavy atom. The van der Waals surface area contributed by atoms with E-state index in [9.17, 15) is 5.11 Å². The zero-order chi connectivity index (χ0) is 14.9. The number of thiazole rings is 1. The van der Waals surface area contributed by atoms with Gasteiger partial charge in [0, 0.05) is 23.7 Å². The van der Waals surface area contributed by atoms with Gasteiger partial charge in [-0.1, -0.05) is 24.3 Å². The standard InChI is InChI=1S/C17H22N2OS/c1-12(16-10-18-13(2)21-16)19-11-17(20)9-5-7-14-6-3-4-8-15(14)17/h3-4,6,8,10,12,19-20H,5,7,9,11H2,1-2H3/t12-,17+/m0/s1. The van der Waals surface area contributed by atoms with Crippen molar-refractivity contribution in [2.75, 3.05) is 6.54 Å². The second-order valence-corrected chi connectivity index (χ2v) is 7.19. The van der Waals surface area contributed by atoms with Gasteiger partial charge in [-0.15, -0.1) is 11.3 Å². The fourth-order valence-corrected chi connectivity index (χ4v) is 3.89. The Hall–Kier alpha value is -1.23. The first-order valence-corrected chi connectivity index (χ1v) is 8.37. The monoisotopic (exact) mass is 302 g/mol. The van der Waals surface area contributed by atoms with Crippen LogP contribution in [0.25, 0.3) is 0 Å². The van der Waals surface area contributed by atoms with Gasteiger partial charge in [0.05, 0.1) is 5.01 Å². The highest BCUT2D eigenvalue weighted by molar-refractivity contribution is 7.11. The third kappa shape index (κ3) is 3.03. The highest BCUT2D eigenvalue weighted by Crippen LogP contribution is 2.35. The molecule has 0 unspecified atom stereocenters. The first-order chi connectivity index (χ1) is 10.1. The van der Waals surface area contributed by atoms with E-state index in [1.54, 1.807) is 11.3 Å². The van der Waals surface area contributed by atoms with E-state index in [-0.39, 0.29) is 6.04 Å². The molecule has 0 aliphatic heterocycles. The predicted molar refractivity (Wildman–Crippen MR) is 86.5 cm³/mol. The van der Waals surface area contributed by atoms with Gasteiger partial charge < -0.3 is 10.4 Å². The largest absolute Gasteiger partial charge is 0.384 e. The van der Waals surface area contributed by atoms with E-state index in [1.165, 1.54) is 10.4 Å². The Bertz CT molecular complexity index is 625. The minimum absolute atomic E-state index is 0.217. The van der Waals surface area contributed by atoms with E-state index >= 15 is 0 Å². The van der Waals surface area contributed by atoms with E-state index in [4.69, 9.17) is 0 Å². The molecule has 3 rings (SSSR count). The zero-order valence-corrected chi connectivity index (χ0v) is 13.4. The minimum atomic E-state index is -0.747. The van der Waals surface area contributed by atoms with Gasteiger partial charge in [0.2, 0.25) is 0 Å². The van der Waals surface area contributed by atoms with Crippen LogP contribution in [0, 0.1) is 6.92 Å². The molecular weight excluding hydrogens is 280 g/mol. The molecule has 0 spiro atoms. The number of fused-ring (bicyclic) bond motifs is 1. The third-order valence-corrected chi connectivity index (χ3v) is 5.42. The molecule has 1 aliphatic rings. The summed E-state index contributed by atoms with van der Waals surface area (Å²) in [5.41, 5.74) is 1.63. The highest BCUT2D eigenvalue weighted by atomic mass is 32.1. The lowest BCUT2D eigenvalue weighted by molar-refractivity contribution is 0.0171. The Labute approximate surface area is 130 Å². The number of rotatable bonds is 4. The van der Waals surface area contributed by atoms with E-state index in [0.717, 1.165) is 29.8 Å². The second kappa shape index (κ2) is 5.87. The van der Waals surface area contributed by atoms with Crippen molar-refractivity contribution in [1.29, 1.82) is 0 Å². The van der Waals surface area contributed by atoms with Crippen LogP contribution in [0.5, 0.6) is 0 Å².